The second kappa shape index (κ2) is 3.16. The summed E-state index contributed by atoms with van der Waals surface area (Å²) in [6.45, 7) is 3.78. The summed E-state index contributed by atoms with van der Waals surface area (Å²) in [6, 6.07) is 3.75. The van der Waals surface area contributed by atoms with E-state index in [0.717, 1.165) is 34.1 Å². The van der Waals surface area contributed by atoms with Crippen molar-refractivity contribution >= 4 is 11.1 Å². The first-order valence-corrected chi connectivity index (χ1v) is 4.98. The first kappa shape index (κ1) is 9.08. The fourth-order valence-corrected chi connectivity index (χ4v) is 1.74. The molecule has 0 fully saturated rings. The third-order valence-electron chi connectivity index (χ3n) is 2.42. The monoisotopic (exact) mass is 214 g/mol. The van der Waals surface area contributed by atoms with Gasteiger partial charge in [0.2, 0.25) is 0 Å². The maximum absolute atomic E-state index is 5.70. The van der Waals surface area contributed by atoms with Crippen molar-refractivity contribution in [2.24, 2.45) is 0 Å². The van der Waals surface area contributed by atoms with E-state index in [9.17, 15) is 0 Å². The predicted molar refractivity (Wildman–Crippen MR) is 58.9 cm³/mol. The molecule has 1 N–H and O–H groups in total. The van der Waals surface area contributed by atoms with E-state index in [0.29, 0.717) is 0 Å². The first-order chi connectivity index (χ1) is 7.74. The van der Waals surface area contributed by atoms with Crippen LogP contribution in [-0.2, 0) is 0 Å². The van der Waals surface area contributed by atoms with Crippen LogP contribution in [0.4, 0.5) is 0 Å². The molecule has 0 spiro atoms. The quantitative estimate of drug-likeness (QED) is 0.674. The molecular formula is C11H10N4O. The normalized spacial score (nSPS) is 11.1. The van der Waals surface area contributed by atoms with Crippen LogP contribution in [-0.4, -0.2) is 20.2 Å². The van der Waals surface area contributed by atoms with Crippen LogP contribution in [0.1, 0.15) is 11.5 Å². The highest BCUT2D eigenvalue weighted by Crippen LogP contribution is 2.26. The highest BCUT2D eigenvalue weighted by atomic mass is 16.3. The van der Waals surface area contributed by atoms with E-state index in [-0.39, 0.29) is 0 Å². The number of aromatic nitrogens is 4. The fourth-order valence-electron chi connectivity index (χ4n) is 1.74. The maximum Gasteiger partial charge on any atom is 0.174 e. The molecule has 3 heterocycles. The van der Waals surface area contributed by atoms with Gasteiger partial charge in [0, 0.05) is 12.3 Å². The number of furan rings is 1. The SMILES string of the molecule is Cc1nc(C)c2oc(-c3ccn[nH]3)cc2n1. The van der Waals surface area contributed by atoms with E-state index in [4.69, 9.17) is 4.42 Å². The Morgan fingerprint density at radius 3 is 2.88 bits per heavy atom. The predicted octanol–water partition coefficient (Wildman–Crippen LogP) is 2.23. The van der Waals surface area contributed by atoms with E-state index in [1.165, 1.54) is 0 Å². The lowest BCUT2D eigenvalue weighted by molar-refractivity contribution is 0.622. The largest absolute Gasteiger partial charge is 0.451 e. The molecule has 0 atom stereocenters. The van der Waals surface area contributed by atoms with E-state index in [1.807, 2.05) is 26.0 Å². The summed E-state index contributed by atoms with van der Waals surface area (Å²) in [6.07, 6.45) is 1.69. The highest BCUT2D eigenvalue weighted by Gasteiger charge is 2.11. The van der Waals surface area contributed by atoms with Crippen molar-refractivity contribution in [1.82, 2.24) is 20.2 Å². The lowest BCUT2D eigenvalue weighted by atomic mass is 10.3. The Labute approximate surface area is 91.5 Å². The van der Waals surface area contributed by atoms with Crippen molar-refractivity contribution in [3.63, 3.8) is 0 Å². The molecule has 0 saturated carbocycles. The molecule has 80 valence electrons. The summed E-state index contributed by atoms with van der Waals surface area (Å²) >= 11 is 0. The van der Waals surface area contributed by atoms with Gasteiger partial charge in [0.15, 0.2) is 11.3 Å². The van der Waals surface area contributed by atoms with Crippen LogP contribution in [0.3, 0.4) is 0 Å². The molecule has 0 radical (unpaired) electrons. The van der Waals surface area contributed by atoms with Crippen LogP contribution in [0, 0.1) is 13.8 Å². The lowest BCUT2D eigenvalue weighted by Crippen LogP contribution is -1.89. The third kappa shape index (κ3) is 1.29. The number of nitrogens with one attached hydrogen (secondary N) is 1. The van der Waals surface area contributed by atoms with Crippen molar-refractivity contribution in [1.29, 1.82) is 0 Å². The summed E-state index contributed by atoms with van der Waals surface area (Å²) in [5.74, 6) is 1.48. The summed E-state index contributed by atoms with van der Waals surface area (Å²) in [4.78, 5) is 8.59. The second-order valence-electron chi connectivity index (χ2n) is 3.65. The number of hydrogen-bond acceptors (Lipinski definition) is 4. The minimum absolute atomic E-state index is 0.732. The molecule has 16 heavy (non-hydrogen) atoms. The molecule has 0 saturated heterocycles. The van der Waals surface area contributed by atoms with Crippen LogP contribution in [0.5, 0.6) is 0 Å². The topological polar surface area (TPSA) is 67.6 Å². The summed E-state index contributed by atoms with van der Waals surface area (Å²) < 4.78 is 5.70. The zero-order chi connectivity index (χ0) is 11.1. The van der Waals surface area contributed by atoms with Crippen LogP contribution in [0.2, 0.25) is 0 Å². The molecular weight excluding hydrogens is 204 g/mol. The average molecular weight is 214 g/mol. The maximum atomic E-state index is 5.70. The Balaban J connectivity index is 2.27. The molecule has 3 aromatic heterocycles. The van der Waals surface area contributed by atoms with Gasteiger partial charge in [0.05, 0.1) is 5.69 Å². The number of aryl methyl sites for hydroxylation is 2. The van der Waals surface area contributed by atoms with E-state index >= 15 is 0 Å². The minimum Gasteiger partial charge on any atom is -0.451 e. The molecule has 3 rings (SSSR count). The smallest absolute Gasteiger partial charge is 0.174 e. The Kier molecular flexibility index (Phi) is 1.80. The van der Waals surface area contributed by atoms with Gasteiger partial charge in [-0.2, -0.15) is 5.10 Å². The van der Waals surface area contributed by atoms with Gasteiger partial charge in [0.1, 0.15) is 17.0 Å². The van der Waals surface area contributed by atoms with E-state index in [2.05, 4.69) is 20.2 Å². The standard InChI is InChI=1S/C11H10N4O/c1-6-11-9(14-7(2)13-6)5-10(16-11)8-3-4-12-15-8/h3-5H,1-2H3,(H,12,15). The summed E-state index contributed by atoms with van der Waals surface area (Å²) in [5.41, 5.74) is 3.26. The highest BCUT2D eigenvalue weighted by molar-refractivity contribution is 5.79. The Bertz CT molecular complexity index is 639. The van der Waals surface area contributed by atoms with Crippen molar-refractivity contribution in [3.8, 4) is 11.5 Å². The van der Waals surface area contributed by atoms with Crippen molar-refractivity contribution < 1.29 is 4.42 Å². The van der Waals surface area contributed by atoms with Gasteiger partial charge < -0.3 is 4.42 Å². The molecule has 0 bridgehead atoms. The van der Waals surface area contributed by atoms with Crippen molar-refractivity contribution in [2.75, 3.05) is 0 Å². The molecule has 5 heteroatoms. The lowest BCUT2D eigenvalue weighted by Gasteiger charge is -1.94. The second-order valence-corrected chi connectivity index (χ2v) is 3.65. The zero-order valence-electron chi connectivity index (χ0n) is 8.98. The van der Waals surface area contributed by atoms with Gasteiger partial charge in [-0.1, -0.05) is 0 Å². The Hall–Kier alpha value is -2.17. The van der Waals surface area contributed by atoms with Gasteiger partial charge in [0.25, 0.3) is 0 Å². The van der Waals surface area contributed by atoms with Crippen molar-refractivity contribution in [2.45, 2.75) is 13.8 Å². The molecule has 0 unspecified atom stereocenters. The minimum atomic E-state index is 0.732. The van der Waals surface area contributed by atoms with Gasteiger partial charge >= 0.3 is 0 Å². The van der Waals surface area contributed by atoms with Crippen LogP contribution < -0.4 is 0 Å². The fraction of sp³-hybridized carbons (Fsp3) is 0.182. The van der Waals surface area contributed by atoms with Crippen molar-refractivity contribution in [3.05, 3.63) is 29.8 Å². The van der Waals surface area contributed by atoms with Gasteiger partial charge in [-0.05, 0) is 19.9 Å². The third-order valence-corrected chi connectivity index (χ3v) is 2.42. The number of nitrogens with zero attached hydrogens (tertiary/aromatic N) is 3. The first-order valence-electron chi connectivity index (χ1n) is 4.98. The van der Waals surface area contributed by atoms with Crippen LogP contribution >= 0.6 is 0 Å². The van der Waals surface area contributed by atoms with Gasteiger partial charge in [-0.15, -0.1) is 0 Å². The van der Waals surface area contributed by atoms with Gasteiger partial charge in [-0.25, -0.2) is 9.97 Å². The number of H-pyrrole nitrogens is 1. The molecule has 0 amide bonds. The van der Waals surface area contributed by atoms with Crippen LogP contribution in [0.25, 0.3) is 22.6 Å². The average Bonchev–Trinajstić information content (AvgIpc) is 2.82. The number of aromatic amines is 1. The molecule has 3 aromatic rings. The van der Waals surface area contributed by atoms with E-state index < -0.39 is 0 Å². The van der Waals surface area contributed by atoms with E-state index in [1.54, 1.807) is 6.20 Å². The Morgan fingerprint density at radius 2 is 2.12 bits per heavy atom. The summed E-state index contributed by atoms with van der Waals surface area (Å²) in [7, 11) is 0. The molecule has 0 aromatic carbocycles. The van der Waals surface area contributed by atoms with Crippen LogP contribution in [0.15, 0.2) is 22.7 Å². The molecule has 0 aliphatic heterocycles. The van der Waals surface area contributed by atoms with Gasteiger partial charge in [-0.3, -0.25) is 5.10 Å². The number of hydrogen-bond donors (Lipinski definition) is 1. The zero-order valence-corrected chi connectivity index (χ0v) is 8.98. The number of rotatable bonds is 1. The number of fused-ring (bicyclic) bond motifs is 1. The molecule has 0 aliphatic carbocycles. The molecule has 0 aliphatic rings. The summed E-state index contributed by atoms with van der Waals surface area (Å²) in [5, 5.41) is 6.74. The molecule has 5 nitrogen and oxygen atoms in total. The Morgan fingerprint density at radius 1 is 1.25 bits per heavy atom.